The van der Waals surface area contributed by atoms with E-state index in [2.05, 4.69) is 10.3 Å². The number of nitro groups is 1. The highest BCUT2D eigenvalue weighted by Gasteiger charge is 2.30. The molecule has 1 atom stereocenters. The third kappa shape index (κ3) is 4.95. The number of nitrogens with one attached hydrogen (secondary N) is 1. The van der Waals surface area contributed by atoms with Gasteiger partial charge in [-0.2, -0.15) is 0 Å². The Morgan fingerprint density at radius 2 is 2.10 bits per heavy atom. The van der Waals surface area contributed by atoms with E-state index in [0.717, 1.165) is 24.5 Å². The Balaban J connectivity index is 1.81. The van der Waals surface area contributed by atoms with Gasteiger partial charge >= 0.3 is 0 Å². The molecule has 29 heavy (non-hydrogen) atoms. The first-order chi connectivity index (χ1) is 13.6. The molecule has 1 fully saturated rings. The standard InChI is InChI=1S/C17H18N4O6S2/c1-29(26,27)14-8-12(7-13(9-14)21(24)25)16(23)20-5-2-3-11(10-20)15(22)19-17-18-4-6-28-17/h4,6-9,11H,2-3,5,10H2,1H3,(H,18,19,22). The molecule has 0 saturated carbocycles. The van der Waals surface area contributed by atoms with Crippen molar-refractivity contribution >= 4 is 43.8 Å². The fourth-order valence-electron chi connectivity index (χ4n) is 3.08. The largest absolute Gasteiger partial charge is 0.338 e. The van der Waals surface area contributed by atoms with Gasteiger partial charge in [0.25, 0.3) is 11.6 Å². The van der Waals surface area contributed by atoms with Crippen LogP contribution in [0.2, 0.25) is 0 Å². The summed E-state index contributed by atoms with van der Waals surface area (Å²) in [7, 11) is -3.74. The highest BCUT2D eigenvalue weighted by atomic mass is 32.2. The summed E-state index contributed by atoms with van der Waals surface area (Å²) in [6.07, 6.45) is 3.65. The van der Waals surface area contributed by atoms with Crippen LogP contribution < -0.4 is 5.32 Å². The lowest BCUT2D eigenvalue weighted by Gasteiger charge is -2.32. The molecule has 1 N–H and O–H groups in total. The zero-order chi connectivity index (χ0) is 21.2. The smallest absolute Gasteiger partial charge is 0.271 e. The van der Waals surface area contributed by atoms with Crippen LogP contribution in [0.3, 0.4) is 0 Å². The topological polar surface area (TPSA) is 140 Å². The Morgan fingerprint density at radius 1 is 1.34 bits per heavy atom. The minimum Gasteiger partial charge on any atom is -0.338 e. The summed E-state index contributed by atoms with van der Waals surface area (Å²) in [6.45, 7) is 0.504. The molecule has 1 saturated heterocycles. The Kier molecular flexibility index (Phi) is 5.94. The van der Waals surface area contributed by atoms with E-state index in [0.29, 0.717) is 24.5 Å². The number of hydrogen-bond acceptors (Lipinski definition) is 8. The summed E-state index contributed by atoms with van der Waals surface area (Å²) in [5.41, 5.74) is -0.577. The first-order valence-electron chi connectivity index (χ1n) is 8.64. The molecule has 1 aliphatic heterocycles. The van der Waals surface area contributed by atoms with Crippen molar-refractivity contribution < 1.29 is 22.9 Å². The maximum atomic E-state index is 12.9. The van der Waals surface area contributed by atoms with Crippen LogP contribution >= 0.6 is 11.3 Å². The number of hydrogen-bond donors (Lipinski definition) is 1. The lowest BCUT2D eigenvalue weighted by atomic mass is 9.96. The van der Waals surface area contributed by atoms with Crippen molar-refractivity contribution in [3.8, 4) is 0 Å². The van der Waals surface area contributed by atoms with E-state index >= 15 is 0 Å². The highest BCUT2D eigenvalue weighted by Crippen LogP contribution is 2.25. The van der Waals surface area contributed by atoms with E-state index in [4.69, 9.17) is 0 Å². The van der Waals surface area contributed by atoms with Crippen LogP contribution in [0.5, 0.6) is 0 Å². The van der Waals surface area contributed by atoms with Crippen LogP contribution in [0.1, 0.15) is 23.2 Å². The van der Waals surface area contributed by atoms with Gasteiger partial charge in [-0.1, -0.05) is 0 Å². The molecule has 1 aromatic carbocycles. The maximum Gasteiger partial charge on any atom is 0.271 e. The van der Waals surface area contributed by atoms with Crippen LogP contribution in [-0.2, 0) is 14.6 Å². The van der Waals surface area contributed by atoms with Crippen molar-refractivity contribution in [1.82, 2.24) is 9.88 Å². The monoisotopic (exact) mass is 438 g/mol. The highest BCUT2D eigenvalue weighted by molar-refractivity contribution is 7.90. The van der Waals surface area contributed by atoms with Crippen LogP contribution in [0.25, 0.3) is 0 Å². The molecule has 2 aromatic rings. The zero-order valence-electron chi connectivity index (χ0n) is 15.4. The number of piperidine rings is 1. The Labute approximate surface area is 170 Å². The number of anilines is 1. The molecule has 0 aliphatic carbocycles. The van der Waals surface area contributed by atoms with Gasteiger partial charge in [0.05, 0.1) is 15.7 Å². The Morgan fingerprint density at radius 3 is 2.72 bits per heavy atom. The van der Waals surface area contributed by atoms with E-state index in [1.165, 1.54) is 16.2 Å². The zero-order valence-corrected chi connectivity index (χ0v) is 17.0. The van der Waals surface area contributed by atoms with Gasteiger partial charge in [0.1, 0.15) is 0 Å². The van der Waals surface area contributed by atoms with Crippen molar-refractivity contribution in [3.63, 3.8) is 0 Å². The second kappa shape index (κ2) is 8.25. The number of sulfone groups is 1. The molecule has 0 radical (unpaired) electrons. The molecule has 1 aliphatic rings. The Bertz CT molecular complexity index is 1050. The lowest BCUT2D eigenvalue weighted by Crippen LogP contribution is -2.43. The van der Waals surface area contributed by atoms with Crippen molar-refractivity contribution in [3.05, 3.63) is 45.5 Å². The summed E-state index contributed by atoms with van der Waals surface area (Å²) >= 11 is 1.28. The third-order valence-corrected chi connectivity index (χ3v) is 6.30. The number of carbonyl (C=O) groups excluding carboxylic acids is 2. The van der Waals surface area contributed by atoms with Gasteiger partial charge in [-0.15, -0.1) is 11.3 Å². The number of nitrogens with zero attached hydrogens (tertiary/aromatic N) is 3. The second-order valence-corrected chi connectivity index (χ2v) is 9.57. The average molecular weight is 438 g/mol. The SMILES string of the molecule is CS(=O)(=O)c1cc(C(=O)N2CCCC(C(=O)Nc3nccs3)C2)cc([N+](=O)[O-])c1. The normalized spacial score (nSPS) is 17.0. The van der Waals surface area contributed by atoms with Gasteiger partial charge in [-0.25, -0.2) is 13.4 Å². The van der Waals surface area contributed by atoms with Crippen molar-refractivity contribution in [2.45, 2.75) is 17.7 Å². The van der Waals surface area contributed by atoms with Crippen LogP contribution in [-0.4, -0.2) is 54.4 Å². The number of thiazole rings is 1. The van der Waals surface area contributed by atoms with Crippen LogP contribution in [0.4, 0.5) is 10.8 Å². The molecule has 3 rings (SSSR count). The first-order valence-corrected chi connectivity index (χ1v) is 11.4. The molecule has 0 spiro atoms. The van der Waals surface area contributed by atoms with Crippen LogP contribution in [0, 0.1) is 16.0 Å². The van der Waals surface area contributed by atoms with Gasteiger partial charge in [0.2, 0.25) is 5.91 Å². The third-order valence-electron chi connectivity index (χ3n) is 4.52. The molecule has 12 heteroatoms. The predicted molar refractivity (Wildman–Crippen MR) is 106 cm³/mol. The average Bonchev–Trinajstić information content (AvgIpc) is 3.19. The van der Waals surface area contributed by atoms with Crippen molar-refractivity contribution in [1.29, 1.82) is 0 Å². The van der Waals surface area contributed by atoms with E-state index in [1.807, 2.05) is 0 Å². The minimum absolute atomic E-state index is 0.0967. The van der Waals surface area contributed by atoms with Gasteiger partial charge in [-0.3, -0.25) is 19.7 Å². The van der Waals surface area contributed by atoms with E-state index in [-0.39, 0.29) is 22.9 Å². The van der Waals surface area contributed by atoms with Gasteiger partial charge in [0.15, 0.2) is 15.0 Å². The summed E-state index contributed by atoms with van der Waals surface area (Å²) in [5, 5.41) is 16.1. The number of non-ortho nitro benzene ring substituents is 1. The number of nitro benzene ring substituents is 1. The fraction of sp³-hybridized carbons (Fsp3) is 0.353. The summed E-state index contributed by atoms with van der Waals surface area (Å²) in [5.74, 6) is -1.26. The van der Waals surface area contributed by atoms with E-state index < -0.39 is 32.3 Å². The number of aromatic nitrogens is 1. The second-order valence-electron chi connectivity index (χ2n) is 6.66. The molecule has 154 valence electrons. The van der Waals surface area contributed by atoms with E-state index in [1.54, 1.807) is 11.6 Å². The lowest BCUT2D eigenvalue weighted by molar-refractivity contribution is -0.385. The molecule has 1 unspecified atom stereocenters. The first kappa shape index (κ1) is 20.9. The number of likely N-dealkylation sites (tertiary alicyclic amines) is 1. The fourth-order valence-corrected chi connectivity index (χ4v) is 4.28. The number of carbonyl (C=O) groups is 2. The minimum atomic E-state index is -3.74. The Hall–Kier alpha value is -2.86. The van der Waals surface area contributed by atoms with E-state index in [9.17, 15) is 28.1 Å². The summed E-state index contributed by atoms with van der Waals surface area (Å²) < 4.78 is 23.7. The molecule has 0 bridgehead atoms. The molecule has 10 nitrogen and oxygen atoms in total. The number of rotatable bonds is 5. The van der Waals surface area contributed by atoms with Gasteiger partial charge in [0, 0.05) is 48.6 Å². The molecular weight excluding hydrogens is 420 g/mol. The number of benzene rings is 1. The summed E-state index contributed by atoms with van der Waals surface area (Å²) in [6, 6.07) is 3.10. The van der Waals surface area contributed by atoms with Crippen LogP contribution in [0.15, 0.2) is 34.7 Å². The quantitative estimate of drug-likeness (QED) is 0.556. The molecule has 2 heterocycles. The van der Waals surface area contributed by atoms with Gasteiger partial charge in [-0.05, 0) is 18.9 Å². The molecular formula is C17H18N4O6S2. The van der Waals surface area contributed by atoms with Gasteiger partial charge < -0.3 is 10.2 Å². The molecule has 1 aromatic heterocycles. The number of amides is 2. The van der Waals surface area contributed by atoms with Crippen molar-refractivity contribution in [2.75, 3.05) is 24.7 Å². The molecule has 2 amide bonds. The van der Waals surface area contributed by atoms with Crippen molar-refractivity contribution in [2.24, 2.45) is 5.92 Å². The summed E-state index contributed by atoms with van der Waals surface area (Å²) in [4.78, 5) is 40.9. The predicted octanol–water partition coefficient (Wildman–Crippen LogP) is 1.95. The maximum absolute atomic E-state index is 12.9.